The Labute approximate surface area is 137 Å². The minimum Gasteiger partial charge on any atom is -0.465 e. The molecule has 0 saturated carbocycles. The van der Waals surface area contributed by atoms with Crippen LogP contribution < -0.4 is 5.32 Å². The average molecular weight is 369 g/mol. The maximum atomic E-state index is 11.4. The SMILES string of the molecule is COC(=O)c1ccc(CNCc2cccc(Cl)c2)c(Br)c1. The Morgan fingerprint density at radius 2 is 2.05 bits per heavy atom. The van der Waals surface area contributed by atoms with Gasteiger partial charge in [-0.15, -0.1) is 0 Å². The van der Waals surface area contributed by atoms with Crippen LogP contribution in [0, 0.1) is 0 Å². The molecule has 2 rings (SSSR count). The van der Waals surface area contributed by atoms with E-state index in [9.17, 15) is 4.79 Å². The van der Waals surface area contributed by atoms with Crippen LogP contribution in [0.5, 0.6) is 0 Å². The van der Waals surface area contributed by atoms with Crippen molar-refractivity contribution in [3.63, 3.8) is 0 Å². The van der Waals surface area contributed by atoms with Crippen molar-refractivity contribution in [2.45, 2.75) is 13.1 Å². The quantitative estimate of drug-likeness (QED) is 0.805. The monoisotopic (exact) mass is 367 g/mol. The second-order valence-electron chi connectivity index (χ2n) is 4.53. The molecule has 110 valence electrons. The van der Waals surface area contributed by atoms with Crippen molar-refractivity contribution in [3.05, 3.63) is 68.7 Å². The highest BCUT2D eigenvalue weighted by atomic mass is 79.9. The van der Waals surface area contributed by atoms with Gasteiger partial charge < -0.3 is 10.1 Å². The summed E-state index contributed by atoms with van der Waals surface area (Å²) in [6, 6.07) is 13.2. The molecule has 0 aliphatic heterocycles. The summed E-state index contributed by atoms with van der Waals surface area (Å²) < 4.78 is 5.57. The molecule has 0 bridgehead atoms. The van der Waals surface area contributed by atoms with E-state index in [1.54, 1.807) is 12.1 Å². The Hall–Kier alpha value is -1.36. The maximum Gasteiger partial charge on any atom is 0.337 e. The topological polar surface area (TPSA) is 38.3 Å². The Morgan fingerprint density at radius 3 is 2.71 bits per heavy atom. The summed E-state index contributed by atoms with van der Waals surface area (Å²) in [5.74, 6) is -0.339. The summed E-state index contributed by atoms with van der Waals surface area (Å²) in [5, 5.41) is 4.08. The molecule has 0 spiro atoms. The number of esters is 1. The number of methoxy groups -OCH3 is 1. The third-order valence-electron chi connectivity index (χ3n) is 3.01. The van der Waals surface area contributed by atoms with Crippen LogP contribution in [0.4, 0.5) is 0 Å². The molecular formula is C16H15BrClNO2. The fourth-order valence-electron chi connectivity index (χ4n) is 1.92. The van der Waals surface area contributed by atoms with Gasteiger partial charge in [-0.3, -0.25) is 0 Å². The number of ether oxygens (including phenoxy) is 1. The highest BCUT2D eigenvalue weighted by Gasteiger charge is 2.08. The molecule has 0 unspecified atom stereocenters. The molecule has 0 fully saturated rings. The predicted octanol–water partition coefficient (Wildman–Crippen LogP) is 4.18. The average Bonchev–Trinajstić information content (AvgIpc) is 2.48. The van der Waals surface area contributed by atoms with Gasteiger partial charge >= 0.3 is 5.97 Å². The second kappa shape index (κ2) is 7.59. The van der Waals surface area contributed by atoms with E-state index < -0.39 is 0 Å². The third-order valence-corrected chi connectivity index (χ3v) is 3.98. The van der Waals surface area contributed by atoms with Gasteiger partial charge in [0.05, 0.1) is 12.7 Å². The van der Waals surface area contributed by atoms with E-state index in [0.29, 0.717) is 12.1 Å². The van der Waals surface area contributed by atoms with E-state index in [2.05, 4.69) is 21.2 Å². The van der Waals surface area contributed by atoms with Crippen LogP contribution in [0.25, 0.3) is 0 Å². The zero-order valence-corrected chi connectivity index (χ0v) is 13.9. The molecule has 1 N–H and O–H groups in total. The largest absolute Gasteiger partial charge is 0.465 e. The summed E-state index contributed by atoms with van der Waals surface area (Å²) in [5.41, 5.74) is 2.73. The summed E-state index contributed by atoms with van der Waals surface area (Å²) in [4.78, 5) is 11.4. The first-order valence-electron chi connectivity index (χ1n) is 6.42. The van der Waals surface area contributed by atoms with E-state index in [4.69, 9.17) is 16.3 Å². The molecule has 0 radical (unpaired) electrons. The van der Waals surface area contributed by atoms with Crippen molar-refractivity contribution < 1.29 is 9.53 Å². The normalized spacial score (nSPS) is 10.4. The standard InChI is InChI=1S/C16H15BrClNO2/c1-21-16(20)12-5-6-13(15(17)8-12)10-19-9-11-3-2-4-14(18)7-11/h2-8,19H,9-10H2,1H3. The lowest BCUT2D eigenvalue weighted by molar-refractivity contribution is 0.0600. The van der Waals surface area contributed by atoms with E-state index >= 15 is 0 Å². The minimum absolute atomic E-state index is 0.339. The van der Waals surface area contributed by atoms with Crippen LogP contribution in [-0.2, 0) is 17.8 Å². The van der Waals surface area contributed by atoms with Gasteiger partial charge in [-0.05, 0) is 35.4 Å². The van der Waals surface area contributed by atoms with E-state index in [-0.39, 0.29) is 5.97 Å². The fourth-order valence-corrected chi connectivity index (χ4v) is 2.66. The van der Waals surface area contributed by atoms with Crippen molar-refractivity contribution in [2.75, 3.05) is 7.11 Å². The Balaban J connectivity index is 1.96. The fraction of sp³-hybridized carbons (Fsp3) is 0.188. The molecule has 0 heterocycles. The lowest BCUT2D eigenvalue weighted by Gasteiger charge is -2.09. The van der Waals surface area contributed by atoms with Gasteiger partial charge in [0, 0.05) is 22.6 Å². The van der Waals surface area contributed by atoms with Crippen molar-refractivity contribution in [2.24, 2.45) is 0 Å². The highest BCUT2D eigenvalue weighted by molar-refractivity contribution is 9.10. The summed E-state index contributed by atoms with van der Waals surface area (Å²) in [7, 11) is 1.37. The molecule has 21 heavy (non-hydrogen) atoms. The van der Waals surface area contributed by atoms with Crippen molar-refractivity contribution in [3.8, 4) is 0 Å². The zero-order valence-electron chi connectivity index (χ0n) is 11.5. The van der Waals surface area contributed by atoms with Crippen LogP contribution in [0.1, 0.15) is 21.5 Å². The molecule has 0 aromatic heterocycles. The van der Waals surface area contributed by atoms with Crippen LogP contribution in [0.15, 0.2) is 46.9 Å². The summed E-state index contributed by atoms with van der Waals surface area (Å²) >= 11 is 9.42. The molecule has 0 saturated heterocycles. The van der Waals surface area contributed by atoms with Gasteiger partial charge in [0.15, 0.2) is 0 Å². The molecule has 3 nitrogen and oxygen atoms in total. The van der Waals surface area contributed by atoms with Crippen LogP contribution in [-0.4, -0.2) is 13.1 Å². The van der Waals surface area contributed by atoms with Gasteiger partial charge in [0.1, 0.15) is 0 Å². The maximum absolute atomic E-state index is 11.4. The molecule has 0 atom stereocenters. The molecule has 0 amide bonds. The number of carbonyl (C=O) groups excluding carboxylic acids is 1. The number of benzene rings is 2. The van der Waals surface area contributed by atoms with E-state index in [1.807, 2.05) is 30.3 Å². The number of halogens is 2. The molecule has 0 aliphatic carbocycles. The first-order valence-corrected chi connectivity index (χ1v) is 7.59. The highest BCUT2D eigenvalue weighted by Crippen LogP contribution is 2.19. The molecule has 5 heteroatoms. The number of rotatable bonds is 5. The first kappa shape index (κ1) is 16.0. The Kier molecular flexibility index (Phi) is 5.79. The lowest BCUT2D eigenvalue weighted by Crippen LogP contribution is -2.13. The molecule has 2 aromatic carbocycles. The van der Waals surface area contributed by atoms with Gasteiger partial charge in [-0.25, -0.2) is 4.79 Å². The van der Waals surface area contributed by atoms with Crippen molar-refractivity contribution in [1.29, 1.82) is 0 Å². The van der Waals surface area contributed by atoms with Crippen molar-refractivity contribution >= 4 is 33.5 Å². The predicted molar refractivity (Wildman–Crippen MR) is 87.5 cm³/mol. The molecule has 0 aliphatic rings. The van der Waals surface area contributed by atoms with E-state index in [1.165, 1.54) is 7.11 Å². The minimum atomic E-state index is -0.339. The number of nitrogens with one attached hydrogen (secondary N) is 1. The Bertz CT molecular complexity index is 646. The smallest absolute Gasteiger partial charge is 0.337 e. The van der Waals surface area contributed by atoms with Crippen LogP contribution in [0.2, 0.25) is 5.02 Å². The zero-order chi connectivity index (χ0) is 15.2. The number of hydrogen-bond donors (Lipinski definition) is 1. The van der Waals surface area contributed by atoms with Gasteiger partial charge in [-0.1, -0.05) is 45.7 Å². The van der Waals surface area contributed by atoms with E-state index in [0.717, 1.165) is 27.2 Å². The van der Waals surface area contributed by atoms with Crippen LogP contribution in [0.3, 0.4) is 0 Å². The number of hydrogen-bond acceptors (Lipinski definition) is 3. The first-order chi connectivity index (χ1) is 10.1. The number of carbonyl (C=O) groups is 1. The van der Waals surface area contributed by atoms with Crippen LogP contribution >= 0.6 is 27.5 Å². The van der Waals surface area contributed by atoms with Gasteiger partial charge in [-0.2, -0.15) is 0 Å². The van der Waals surface area contributed by atoms with Gasteiger partial charge in [0.2, 0.25) is 0 Å². The molecule has 2 aromatic rings. The Morgan fingerprint density at radius 1 is 1.24 bits per heavy atom. The lowest BCUT2D eigenvalue weighted by atomic mass is 10.1. The second-order valence-corrected chi connectivity index (χ2v) is 5.82. The molecular weight excluding hydrogens is 354 g/mol. The van der Waals surface area contributed by atoms with Gasteiger partial charge in [0.25, 0.3) is 0 Å². The summed E-state index contributed by atoms with van der Waals surface area (Å²) in [6.07, 6.45) is 0. The third kappa shape index (κ3) is 4.56. The summed E-state index contributed by atoms with van der Waals surface area (Å²) in [6.45, 7) is 1.42. The van der Waals surface area contributed by atoms with Crippen molar-refractivity contribution in [1.82, 2.24) is 5.32 Å².